The number of rotatable bonds is 5. The molecule has 0 aromatic carbocycles. The van der Waals surface area contributed by atoms with Crippen LogP contribution in [0.3, 0.4) is 0 Å². The van der Waals surface area contributed by atoms with Crippen LogP contribution >= 0.6 is 0 Å². The molecule has 4 atom stereocenters. The topological polar surface area (TPSA) is 27.3 Å². The van der Waals surface area contributed by atoms with Crippen LogP contribution in [0.5, 0.6) is 0 Å². The molecule has 3 nitrogen and oxygen atoms in total. The van der Waals surface area contributed by atoms with Gasteiger partial charge in [-0.25, -0.2) is 0 Å². The van der Waals surface area contributed by atoms with Gasteiger partial charge in [-0.1, -0.05) is 43.4 Å². The number of piperidine rings is 1. The Bertz CT molecular complexity index is 407. The van der Waals surface area contributed by atoms with Crippen LogP contribution in [-0.4, -0.2) is 49.2 Å². The molecule has 0 radical (unpaired) electrons. The van der Waals surface area contributed by atoms with E-state index in [1.54, 1.807) is 0 Å². The van der Waals surface area contributed by atoms with Gasteiger partial charge in [0.25, 0.3) is 0 Å². The zero-order chi connectivity index (χ0) is 15.9. The van der Waals surface area contributed by atoms with E-state index < -0.39 is 0 Å². The van der Waals surface area contributed by atoms with Crippen LogP contribution < -0.4 is 10.6 Å². The first-order chi connectivity index (χ1) is 10.6. The quantitative estimate of drug-likeness (QED) is 0.765. The Hall–Kier alpha value is -0.900. The van der Waals surface area contributed by atoms with Gasteiger partial charge >= 0.3 is 0 Å². The third-order valence-corrected chi connectivity index (χ3v) is 5.24. The largest absolute Gasteiger partial charge is 0.314 e. The first-order valence-electron chi connectivity index (χ1n) is 8.77. The normalized spacial score (nSPS) is 35.0. The molecule has 124 valence electrons. The number of hydrogen-bond donors (Lipinski definition) is 2. The molecule has 22 heavy (non-hydrogen) atoms. The van der Waals surface area contributed by atoms with Crippen molar-refractivity contribution in [3.63, 3.8) is 0 Å². The molecule has 3 heteroatoms. The van der Waals surface area contributed by atoms with Crippen LogP contribution in [-0.2, 0) is 0 Å². The van der Waals surface area contributed by atoms with E-state index in [4.69, 9.17) is 0 Å². The van der Waals surface area contributed by atoms with E-state index in [0.29, 0.717) is 12.1 Å². The van der Waals surface area contributed by atoms with Crippen LogP contribution in [0.25, 0.3) is 0 Å². The number of hydrogen-bond acceptors (Lipinski definition) is 3. The Balaban J connectivity index is 1.96. The van der Waals surface area contributed by atoms with Crippen LogP contribution in [0.4, 0.5) is 0 Å². The third kappa shape index (κ3) is 4.80. The third-order valence-electron chi connectivity index (χ3n) is 5.24. The fourth-order valence-corrected chi connectivity index (χ4v) is 3.82. The predicted molar refractivity (Wildman–Crippen MR) is 96.1 cm³/mol. The predicted octanol–water partition coefficient (Wildman–Crippen LogP) is 2.73. The van der Waals surface area contributed by atoms with Gasteiger partial charge < -0.3 is 10.6 Å². The minimum Gasteiger partial charge on any atom is -0.314 e. The van der Waals surface area contributed by atoms with Gasteiger partial charge in [0.15, 0.2) is 0 Å². The lowest BCUT2D eigenvalue weighted by Gasteiger charge is -2.46. The summed E-state index contributed by atoms with van der Waals surface area (Å²) >= 11 is 0. The van der Waals surface area contributed by atoms with Crippen molar-refractivity contribution in [3.05, 3.63) is 36.5 Å². The van der Waals surface area contributed by atoms with E-state index in [1.165, 1.54) is 25.1 Å². The average Bonchev–Trinajstić information content (AvgIpc) is 2.52. The number of nitrogens with one attached hydrogen (secondary N) is 2. The molecule has 0 aliphatic carbocycles. The van der Waals surface area contributed by atoms with E-state index in [9.17, 15) is 0 Å². The molecule has 0 aromatic rings. The zero-order valence-electron chi connectivity index (χ0n) is 14.5. The summed E-state index contributed by atoms with van der Waals surface area (Å²) < 4.78 is 0. The lowest BCUT2D eigenvalue weighted by molar-refractivity contribution is 0.0682. The molecule has 2 heterocycles. The molecule has 2 aliphatic rings. The smallest absolute Gasteiger partial charge is 0.0152 e. The monoisotopic (exact) mass is 303 g/mol. The zero-order valence-corrected chi connectivity index (χ0v) is 14.5. The van der Waals surface area contributed by atoms with Crippen molar-refractivity contribution >= 4 is 0 Å². The summed E-state index contributed by atoms with van der Waals surface area (Å²) in [7, 11) is 0. The van der Waals surface area contributed by atoms with Gasteiger partial charge in [-0.05, 0) is 32.6 Å². The Kier molecular flexibility index (Phi) is 6.87. The van der Waals surface area contributed by atoms with Crippen molar-refractivity contribution in [1.29, 1.82) is 0 Å². The summed E-state index contributed by atoms with van der Waals surface area (Å²) in [5.74, 6) is 0.722. The average molecular weight is 303 g/mol. The van der Waals surface area contributed by atoms with Gasteiger partial charge in [0, 0.05) is 44.3 Å². The van der Waals surface area contributed by atoms with Gasteiger partial charge in [0.05, 0.1) is 0 Å². The highest BCUT2D eigenvalue weighted by molar-refractivity contribution is 5.15. The van der Waals surface area contributed by atoms with Gasteiger partial charge in [0.1, 0.15) is 0 Å². The van der Waals surface area contributed by atoms with Gasteiger partial charge in [-0.2, -0.15) is 0 Å². The van der Waals surface area contributed by atoms with E-state index in [0.717, 1.165) is 31.5 Å². The molecule has 2 saturated heterocycles. The van der Waals surface area contributed by atoms with Crippen LogP contribution in [0.15, 0.2) is 36.5 Å². The highest BCUT2D eigenvalue weighted by Crippen LogP contribution is 2.27. The minimum atomic E-state index is 0.593. The lowest BCUT2D eigenvalue weighted by atomic mass is 9.82. The molecule has 2 fully saturated rings. The fraction of sp³-hybridized carbons (Fsp3) is 0.684. The van der Waals surface area contributed by atoms with Crippen LogP contribution in [0, 0.1) is 5.92 Å². The summed E-state index contributed by atoms with van der Waals surface area (Å²) in [6.07, 6.45) is 10.5. The first-order valence-corrected chi connectivity index (χ1v) is 8.77. The highest BCUT2D eigenvalue weighted by atomic mass is 15.2. The molecule has 2 rings (SSSR count). The Morgan fingerprint density at radius 3 is 2.64 bits per heavy atom. The summed E-state index contributed by atoms with van der Waals surface area (Å²) in [5, 5.41) is 7.30. The molecule has 0 spiro atoms. The van der Waals surface area contributed by atoms with Gasteiger partial charge in [0.2, 0.25) is 0 Å². The second-order valence-corrected chi connectivity index (χ2v) is 6.94. The fourth-order valence-electron chi connectivity index (χ4n) is 3.82. The molecule has 0 bridgehead atoms. The molecule has 0 saturated carbocycles. The summed E-state index contributed by atoms with van der Waals surface area (Å²) in [5.41, 5.74) is 1.44. The maximum Gasteiger partial charge on any atom is 0.0152 e. The minimum absolute atomic E-state index is 0.593. The molecular weight excluding hydrogens is 270 g/mol. The van der Waals surface area contributed by atoms with Gasteiger partial charge in [-0.15, -0.1) is 0 Å². The Morgan fingerprint density at radius 1 is 1.23 bits per heavy atom. The maximum atomic E-state index is 3.83. The second-order valence-electron chi connectivity index (χ2n) is 6.94. The molecule has 1 unspecified atom stereocenters. The van der Waals surface area contributed by atoms with Crippen molar-refractivity contribution < 1.29 is 0 Å². The summed E-state index contributed by atoms with van der Waals surface area (Å²) in [4.78, 5) is 2.71. The van der Waals surface area contributed by atoms with Crippen molar-refractivity contribution in [2.75, 3.05) is 26.2 Å². The maximum absolute atomic E-state index is 3.83. The molecule has 2 aliphatic heterocycles. The van der Waals surface area contributed by atoms with Crippen molar-refractivity contribution in [2.24, 2.45) is 5.92 Å². The lowest BCUT2D eigenvalue weighted by Crippen LogP contribution is -2.59. The number of allylic oxidation sites excluding steroid dienone is 4. The second kappa shape index (κ2) is 8.66. The van der Waals surface area contributed by atoms with Crippen LogP contribution in [0.1, 0.15) is 33.6 Å². The molecular formula is C19H33N3. The van der Waals surface area contributed by atoms with E-state index in [-0.39, 0.29) is 0 Å². The molecule has 0 aromatic heterocycles. The van der Waals surface area contributed by atoms with Gasteiger partial charge in [-0.3, -0.25) is 4.90 Å². The van der Waals surface area contributed by atoms with E-state index >= 15 is 0 Å². The molecule has 2 N–H and O–H groups in total. The van der Waals surface area contributed by atoms with Crippen molar-refractivity contribution in [3.8, 4) is 0 Å². The first kappa shape index (κ1) is 17.5. The van der Waals surface area contributed by atoms with E-state index in [2.05, 4.69) is 55.0 Å². The SMILES string of the molecule is C=C/C=C\C=C(/C)C[C@@H]1CC(N2CCNCC2)[C@H](C)[C@H](C)N1. The van der Waals surface area contributed by atoms with Crippen molar-refractivity contribution in [1.82, 2.24) is 15.5 Å². The number of piperazine rings is 1. The van der Waals surface area contributed by atoms with Crippen molar-refractivity contribution in [2.45, 2.75) is 51.7 Å². The highest BCUT2D eigenvalue weighted by Gasteiger charge is 2.35. The van der Waals surface area contributed by atoms with Crippen LogP contribution in [0.2, 0.25) is 0 Å². The Labute approximate surface area is 136 Å². The van der Waals surface area contributed by atoms with E-state index in [1.807, 2.05) is 12.2 Å². The standard InChI is InChI=1S/C19H33N3/c1-5-6-7-8-15(2)13-18-14-19(16(3)17(4)21-18)22-11-9-20-10-12-22/h5-8,16-21H,1,9-14H2,2-4H3/b7-6-,15-8+/t16-,17+,18-,19?/m1/s1. The molecule has 0 amide bonds. The Morgan fingerprint density at radius 2 is 1.95 bits per heavy atom. The summed E-state index contributed by atoms with van der Waals surface area (Å²) in [6, 6.07) is 1.91. The number of nitrogens with zero attached hydrogens (tertiary/aromatic N) is 1. The summed E-state index contributed by atoms with van der Waals surface area (Å²) in [6.45, 7) is 15.4.